The monoisotopic (exact) mass is 250 g/mol. The average molecular weight is 250 g/mol. The number of rotatable bonds is 1. The van der Waals surface area contributed by atoms with Crippen LogP contribution in [0.2, 0.25) is 0 Å². The predicted octanol–water partition coefficient (Wildman–Crippen LogP) is 2.87. The fraction of sp³-hybridized carbons (Fsp3) is 0.500. The molecule has 1 rings (SSSR count). The Morgan fingerprint density at radius 2 is 2.30 bits per heavy atom. The maximum Gasteiger partial charge on any atom is 0.130 e. The largest absolute Gasteiger partial charge is 0.485 e. The van der Waals surface area contributed by atoms with Gasteiger partial charge in [0.15, 0.2) is 0 Å². The minimum atomic E-state index is 0.296. The Morgan fingerprint density at radius 3 is 2.50 bits per heavy atom. The second-order valence-corrected chi connectivity index (χ2v) is 3.39. The van der Waals surface area contributed by atoms with E-state index in [1.54, 1.807) is 0 Å². The number of hydrogen-bond acceptors (Lipinski definition) is 1. The van der Waals surface area contributed by atoms with E-state index in [1.807, 2.05) is 4.08 Å². The first-order chi connectivity index (χ1) is 4.66. The van der Waals surface area contributed by atoms with Crippen LogP contribution in [0, 0.1) is 5.92 Å². The summed E-state index contributed by atoms with van der Waals surface area (Å²) in [5.74, 6) is 1.40. The lowest BCUT2D eigenvalue weighted by molar-refractivity contribution is 0.0492. The molecule has 0 spiro atoms. The van der Waals surface area contributed by atoms with E-state index in [0.29, 0.717) is 12.0 Å². The zero-order valence-electron chi connectivity index (χ0n) is 6.23. The molecule has 1 aliphatic rings. The molecular formula is C8H11IO. The zero-order chi connectivity index (χ0) is 7.72. The third-order valence-corrected chi connectivity index (χ3v) is 2.29. The summed E-state index contributed by atoms with van der Waals surface area (Å²) in [4.78, 5) is 0. The van der Waals surface area contributed by atoms with Crippen molar-refractivity contribution in [3.63, 3.8) is 0 Å². The van der Waals surface area contributed by atoms with Gasteiger partial charge in [0.05, 0.1) is 0 Å². The highest BCUT2D eigenvalue weighted by Gasteiger charge is 2.32. The second kappa shape index (κ2) is 2.95. The number of ether oxygens (including phenoxy) is 1. The third kappa shape index (κ3) is 1.21. The molecule has 0 saturated carbocycles. The normalized spacial score (nSPS) is 28.6. The van der Waals surface area contributed by atoms with Crippen LogP contribution in [0.5, 0.6) is 0 Å². The highest BCUT2D eigenvalue weighted by molar-refractivity contribution is 14.1. The number of hydrogen-bond donors (Lipinski definition) is 0. The maximum absolute atomic E-state index is 5.34. The summed E-state index contributed by atoms with van der Waals surface area (Å²) in [6, 6.07) is 0. The van der Waals surface area contributed by atoms with Gasteiger partial charge in [-0.15, -0.1) is 0 Å². The molecule has 0 radical (unpaired) electrons. The molecule has 2 heteroatoms. The van der Waals surface area contributed by atoms with Gasteiger partial charge >= 0.3 is 0 Å². The molecule has 1 atom stereocenters. The van der Waals surface area contributed by atoms with Gasteiger partial charge in [0.1, 0.15) is 11.9 Å². The molecule has 10 heavy (non-hydrogen) atoms. The van der Waals surface area contributed by atoms with Crippen molar-refractivity contribution in [3.05, 3.63) is 22.0 Å². The van der Waals surface area contributed by atoms with Crippen molar-refractivity contribution in [3.8, 4) is 0 Å². The zero-order valence-corrected chi connectivity index (χ0v) is 8.38. The van der Waals surface area contributed by atoms with E-state index in [1.165, 1.54) is 5.57 Å². The first-order valence-corrected chi connectivity index (χ1v) is 4.57. The lowest BCUT2D eigenvalue weighted by Crippen LogP contribution is -2.32. The molecule has 0 bridgehead atoms. The van der Waals surface area contributed by atoms with Crippen LogP contribution in [0.1, 0.15) is 13.8 Å². The van der Waals surface area contributed by atoms with Gasteiger partial charge in [0, 0.05) is 5.57 Å². The molecule has 0 N–H and O–H groups in total. The summed E-state index contributed by atoms with van der Waals surface area (Å²) in [6.07, 6.45) is 0.296. The predicted molar refractivity (Wildman–Crippen MR) is 51.0 cm³/mol. The molecule has 0 aromatic heterocycles. The summed E-state index contributed by atoms with van der Waals surface area (Å²) in [7, 11) is 0. The summed E-state index contributed by atoms with van der Waals surface area (Å²) >= 11 is 2.23. The SMILES string of the molecule is C=C1OC(C(C)C)/C1=C/I. The van der Waals surface area contributed by atoms with Gasteiger partial charge in [0.2, 0.25) is 0 Å². The van der Waals surface area contributed by atoms with Gasteiger partial charge in [0.25, 0.3) is 0 Å². The van der Waals surface area contributed by atoms with Crippen molar-refractivity contribution in [1.82, 2.24) is 0 Å². The molecule has 1 fully saturated rings. The molecular weight excluding hydrogens is 239 g/mol. The Hall–Kier alpha value is 0.01000. The van der Waals surface area contributed by atoms with Gasteiger partial charge in [-0.2, -0.15) is 0 Å². The maximum atomic E-state index is 5.34. The lowest BCUT2D eigenvalue weighted by atomic mass is 9.94. The first kappa shape index (κ1) is 8.11. The van der Waals surface area contributed by atoms with Crippen LogP contribution in [-0.4, -0.2) is 6.10 Å². The molecule has 1 nitrogen and oxygen atoms in total. The van der Waals surface area contributed by atoms with E-state index in [-0.39, 0.29) is 0 Å². The van der Waals surface area contributed by atoms with E-state index in [4.69, 9.17) is 4.74 Å². The smallest absolute Gasteiger partial charge is 0.130 e. The lowest BCUT2D eigenvalue weighted by Gasteiger charge is -2.35. The van der Waals surface area contributed by atoms with E-state index in [2.05, 4.69) is 43.0 Å². The molecule has 1 heterocycles. The fourth-order valence-corrected chi connectivity index (χ4v) is 1.71. The van der Waals surface area contributed by atoms with E-state index < -0.39 is 0 Å². The molecule has 1 saturated heterocycles. The highest BCUT2D eigenvalue weighted by atomic mass is 127. The van der Waals surface area contributed by atoms with Gasteiger partial charge in [-0.05, 0) is 10.0 Å². The van der Waals surface area contributed by atoms with Gasteiger partial charge in [-0.1, -0.05) is 43.0 Å². The fourth-order valence-electron chi connectivity index (χ4n) is 1.00. The topological polar surface area (TPSA) is 9.23 Å². The van der Waals surface area contributed by atoms with Crippen LogP contribution in [0.4, 0.5) is 0 Å². The van der Waals surface area contributed by atoms with Crippen molar-refractivity contribution in [1.29, 1.82) is 0 Å². The average Bonchev–Trinajstić information content (AvgIpc) is 1.83. The van der Waals surface area contributed by atoms with Crippen molar-refractivity contribution in [2.75, 3.05) is 0 Å². The van der Waals surface area contributed by atoms with Crippen molar-refractivity contribution < 1.29 is 4.74 Å². The van der Waals surface area contributed by atoms with Crippen LogP contribution < -0.4 is 0 Å². The van der Waals surface area contributed by atoms with E-state index >= 15 is 0 Å². The van der Waals surface area contributed by atoms with Crippen molar-refractivity contribution in [2.24, 2.45) is 5.92 Å². The van der Waals surface area contributed by atoms with Crippen LogP contribution >= 0.6 is 22.6 Å². The minimum absolute atomic E-state index is 0.296. The summed E-state index contributed by atoms with van der Waals surface area (Å²) in [6.45, 7) is 8.05. The third-order valence-electron chi connectivity index (χ3n) is 1.62. The second-order valence-electron chi connectivity index (χ2n) is 2.77. The number of halogens is 1. The molecule has 0 aliphatic carbocycles. The molecule has 0 amide bonds. The van der Waals surface area contributed by atoms with Gasteiger partial charge in [-0.3, -0.25) is 0 Å². The van der Waals surface area contributed by atoms with Crippen LogP contribution in [0.25, 0.3) is 0 Å². The highest BCUT2D eigenvalue weighted by Crippen LogP contribution is 2.35. The quantitative estimate of drug-likeness (QED) is 0.650. The summed E-state index contributed by atoms with van der Waals surface area (Å²) < 4.78 is 7.39. The Balaban J connectivity index is 2.63. The molecule has 1 unspecified atom stereocenters. The van der Waals surface area contributed by atoms with Crippen molar-refractivity contribution in [2.45, 2.75) is 20.0 Å². The van der Waals surface area contributed by atoms with Crippen LogP contribution in [0.3, 0.4) is 0 Å². The standard InChI is InChI=1S/C8H11IO/c1-5(2)8-7(4-9)6(3)10-8/h4-5,8H,3H2,1-2H3/b7-4+. The molecule has 0 aromatic rings. The first-order valence-electron chi connectivity index (χ1n) is 3.33. The Morgan fingerprint density at radius 1 is 1.70 bits per heavy atom. The Bertz CT molecular complexity index is 182. The Kier molecular flexibility index (Phi) is 2.39. The van der Waals surface area contributed by atoms with Crippen LogP contribution in [0.15, 0.2) is 22.0 Å². The summed E-state index contributed by atoms with van der Waals surface area (Å²) in [5.41, 5.74) is 1.26. The molecule has 1 aliphatic heterocycles. The van der Waals surface area contributed by atoms with Crippen molar-refractivity contribution >= 4 is 22.6 Å². The molecule has 0 aromatic carbocycles. The summed E-state index contributed by atoms with van der Waals surface area (Å²) in [5, 5.41) is 0. The minimum Gasteiger partial charge on any atom is -0.485 e. The van der Waals surface area contributed by atoms with Crippen LogP contribution in [-0.2, 0) is 4.74 Å². The molecule has 56 valence electrons. The van der Waals surface area contributed by atoms with Gasteiger partial charge < -0.3 is 4.74 Å². The Labute approximate surface area is 75.3 Å². The van der Waals surface area contributed by atoms with E-state index in [0.717, 1.165) is 5.76 Å². The van der Waals surface area contributed by atoms with E-state index in [9.17, 15) is 0 Å². The van der Waals surface area contributed by atoms with Gasteiger partial charge in [-0.25, -0.2) is 0 Å².